The van der Waals surface area contributed by atoms with Gasteiger partial charge in [-0.2, -0.15) is 8.42 Å². The fourth-order valence-electron chi connectivity index (χ4n) is 1.56. The summed E-state index contributed by atoms with van der Waals surface area (Å²) in [4.78, 5) is 0. The van der Waals surface area contributed by atoms with Crippen LogP contribution in [-0.4, -0.2) is 8.42 Å². The van der Waals surface area contributed by atoms with Crippen LogP contribution in [-0.2, 0) is 10.5 Å². The van der Waals surface area contributed by atoms with E-state index in [1.165, 1.54) is 0 Å². The number of nitrogens with two attached hydrogens (primary N) is 1. The van der Waals surface area contributed by atoms with E-state index in [0.717, 1.165) is 5.56 Å². The molecule has 0 atom stereocenters. The lowest BCUT2D eigenvalue weighted by atomic mass is 10.0. The third-order valence-electron chi connectivity index (χ3n) is 2.28. The summed E-state index contributed by atoms with van der Waals surface area (Å²) in [5.74, 6) is 0. The number of nitrogens with zero attached hydrogens (tertiary/aromatic N) is 1. The molecule has 0 saturated carbocycles. The highest BCUT2D eigenvalue weighted by atomic mass is 32.2. The Morgan fingerprint density at radius 1 is 1.00 bits per heavy atom. The zero-order chi connectivity index (χ0) is 12.3. The fourth-order valence-corrected chi connectivity index (χ4v) is 1.88. The van der Waals surface area contributed by atoms with Crippen LogP contribution in [0.2, 0.25) is 0 Å². The Morgan fingerprint density at radius 2 is 1.71 bits per heavy atom. The first kappa shape index (κ1) is 11.3. The molecule has 0 amide bonds. The van der Waals surface area contributed by atoms with Gasteiger partial charge in [0.25, 0.3) is 0 Å². The van der Waals surface area contributed by atoms with Gasteiger partial charge in [-0.05, 0) is 23.8 Å². The number of hydrogen-bond acceptors (Lipinski definition) is 4. The summed E-state index contributed by atoms with van der Waals surface area (Å²) in [6, 6.07) is 14.3. The highest BCUT2D eigenvalue weighted by molar-refractivity contribution is 7.61. The van der Waals surface area contributed by atoms with Gasteiger partial charge in [-0.15, -0.1) is 4.36 Å². The Balaban J connectivity index is 2.67. The van der Waals surface area contributed by atoms with Crippen LogP contribution in [0.5, 0.6) is 0 Å². The maximum Gasteiger partial charge on any atom is 0.316 e. The van der Waals surface area contributed by atoms with Crippen molar-refractivity contribution in [2.24, 2.45) is 4.36 Å². The second-order valence-corrected chi connectivity index (χ2v) is 4.07. The van der Waals surface area contributed by atoms with Crippen molar-refractivity contribution in [3.63, 3.8) is 0 Å². The van der Waals surface area contributed by atoms with E-state index in [0.29, 0.717) is 16.9 Å². The van der Waals surface area contributed by atoms with Gasteiger partial charge in [-0.25, -0.2) is 0 Å². The predicted octanol–water partition coefficient (Wildman–Crippen LogP) is 2.63. The predicted molar refractivity (Wildman–Crippen MR) is 67.3 cm³/mol. The van der Waals surface area contributed by atoms with Gasteiger partial charge in [0.2, 0.25) is 0 Å². The largest absolute Gasteiger partial charge is 0.399 e. The fraction of sp³-hybridized carbons (Fsp3) is 0. The summed E-state index contributed by atoms with van der Waals surface area (Å²) in [7, 11) is -2.47. The smallest absolute Gasteiger partial charge is 0.316 e. The third-order valence-corrected chi connectivity index (χ3v) is 2.62. The van der Waals surface area contributed by atoms with Crippen LogP contribution in [0.15, 0.2) is 52.9 Å². The SMILES string of the molecule is Nc1ccc(N=S(=O)=O)c(-c2ccccc2)c1. The summed E-state index contributed by atoms with van der Waals surface area (Å²) in [5, 5.41) is 0. The Labute approximate surface area is 100 Å². The Bertz CT molecular complexity index is 656. The molecule has 0 heterocycles. The van der Waals surface area contributed by atoms with Crippen LogP contribution in [0.3, 0.4) is 0 Å². The van der Waals surface area contributed by atoms with Crippen LogP contribution in [0.25, 0.3) is 11.1 Å². The van der Waals surface area contributed by atoms with Crippen molar-refractivity contribution in [3.8, 4) is 11.1 Å². The monoisotopic (exact) mass is 246 g/mol. The molecule has 0 aliphatic heterocycles. The van der Waals surface area contributed by atoms with Gasteiger partial charge in [-0.3, -0.25) is 0 Å². The normalized spacial score (nSPS) is 9.88. The lowest BCUT2D eigenvalue weighted by Crippen LogP contribution is -1.86. The Morgan fingerprint density at radius 3 is 2.35 bits per heavy atom. The summed E-state index contributed by atoms with van der Waals surface area (Å²) in [5.41, 5.74) is 8.24. The van der Waals surface area contributed by atoms with E-state index in [2.05, 4.69) is 4.36 Å². The van der Waals surface area contributed by atoms with E-state index in [4.69, 9.17) is 5.73 Å². The van der Waals surface area contributed by atoms with Gasteiger partial charge in [0.1, 0.15) is 0 Å². The average molecular weight is 246 g/mol. The number of hydrogen-bond donors (Lipinski definition) is 1. The minimum absolute atomic E-state index is 0.388. The topological polar surface area (TPSA) is 72.5 Å². The molecule has 5 heteroatoms. The van der Waals surface area contributed by atoms with Crippen LogP contribution in [0, 0.1) is 0 Å². The molecular weight excluding hydrogens is 236 g/mol. The molecule has 0 saturated heterocycles. The van der Waals surface area contributed by atoms with Gasteiger partial charge in [0.05, 0.1) is 5.69 Å². The molecule has 2 aromatic carbocycles. The molecule has 0 fully saturated rings. The minimum Gasteiger partial charge on any atom is -0.399 e. The molecule has 0 radical (unpaired) electrons. The first-order valence-electron chi connectivity index (χ1n) is 4.93. The lowest BCUT2D eigenvalue weighted by Gasteiger charge is -2.05. The van der Waals surface area contributed by atoms with Gasteiger partial charge >= 0.3 is 10.5 Å². The first-order valence-corrected chi connectivity index (χ1v) is 5.96. The standard InChI is InChI=1S/C12H10N2O2S/c13-10-6-7-12(14-17(15)16)11(8-10)9-4-2-1-3-5-9/h1-8H,13H2. The highest BCUT2D eigenvalue weighted by Crippen LogP contribution is 2.31. The third kappa shape index (κ3) is 2.70. The number of benzene rings is 2. The minimum atomic E-state index is -2.47. The van der Waals surface area contributed by atoms with Crippen LogP contribution >= 0.6 is 0 Å². The second-order valence-electron chi connectivity index (χ2n) is 3.45. The summed E-state index contributed by atoms with van der Waals surface area (Å²) < 4.78 is 24.8. The number of nitrogen functional groups attached to an aromatic ring is 1. The molecule has 17 heavy (non-hydrogen) atoms. The summed E-state index contributed by atoms with van der Waals surface area (Å²) in [6.45, 7) is 0. The van der Waals surface area contributed by atoms with Crippen molar-refractivity contribution in [2.45, 2.75) is 0 Å². The molecular formula is C12H10N2O2S. The molecule has 0 aliphatic carbocycles. The van der Waals surface area contributed by atoms with E-state index < -0.39 is 10.5 Å². The lowest BCUT2D eigenvalue weighted by molar-refractivity contribution is 0.622. The van der Waals surface area contributed by atoms with E-state index in [1.807, 2.05) is 30.3 Å². The molecule has 4 nitrogen and oxygen atoms in total. The van der Waals surface area contributed by atoms with Crippen molar-refractivity contribution in [1.29, 1.82) is 0 Å². The molecule has 2 N–H and O–H groups in total. The molecule has 2 rings (SSSR count). The molecule has 0 aliphatic rings. The van der Waals surface area contributed by atoms with E-state index >= 15 is 0 Å². The number of anilines is 1. The van der Waals surface area contributed by atoms with Crippen LogP contribution in [0.4, 0.5) is 11.4 Å². The Hall–Kier alpha value is -2.14. The van der Waals surface area contributed by atoms with Gasteiger partial charge in [0.15, 0.2) is 0 Å². The van der Waals surface area contributed by atoms with Crippen molar-refractivity contribution in [3.05, 3.63) is 48.5 Å². The van der Waals surface area contributed by atoms with E-state index in [1.54, 1.807) is 18.2 Å². The van der Waals surface area contributed by atoms with Crippen LogP contribution < -0.4 is 5.73 Å². The maximum atomic E-state index is 10.6. The quantitative estimate of drug-likeness (QED) is 0.828. The summed E-state index contributed by atoms with van der Waals surface area (Å²) >= 11 is 0. The zero-order valence-electron chi connectivity index (χ0n) is 8.87. The zero-order valence-corrected chi connectivity index (χ0v) is 9.68. The summed E-state index contributed by atoms with van der Waals surface area (Å²) in [6.07, 6.45) is 0. The van der Waals surface area contributed by atoms with Crippen molar-refractivity contribution in [1.82, 2.24) is 0 Å². The molecule has 0 aromatic heterocycles. The second kappa shape index (κ2) is 4.80. The van der Waals surface area contributed by atoms with Gasteiger partial charge in [0, 0.05) is 11.3 Å². The first-order chi connectivity index (χ1) is 8.16. The highest BCUT2D eigenvalue weighted by Gasteiger charge is 2.05. The van der Waals surface area contributed by atoms with E-state index in [-0.39, 0.29) is 0 Å². The Kier molecular flexibility index (Phi) is 3.20. The van der Waals surface area contributed by atoms with Gasteiger partial charge < -0.3 is 5.73 Å². The molecule has 0 unspecified atom stereocenters. The van der Waals surface area contributed by atoms with Crippen molar-refractivity contribution >= 4 is 21.9 Å². The van der Waals surface area contributed by atoms with Crippen molar-refractivity contribution in [2.75, 3.05) is 5.73 Å². The molecule has 2 aromatic rings. The van der Waals surface area contributed by atoms with Crippen molar-refractivity contribution < 1.29 is 8.42 Å². The number of rotatable bonds is 2. The van der Waals surface area contributed by atoms with Gasteiger partial charge in [-0.1, -0.05) is 30.3 Å². The van der Waals surface area contributed by atoms with E-state index in [9.17, 15) is 8.42 Å². The maximum absolute atomic E-state index is 10.6. The van der Waals surface area contributed by atoms with Crippen LogP contribution in [0.1, 0.15) is 0 Å². The average Bonchev–Trinajstić information content (AvgIpc) is 2.32. The molecule has 0 bridgehead atoms. The molecule has 86 valence electrons. The molecule has 0 spiro atoms.